The van der Waals surface area contributed by atoms with Gasteiger partial charge in [-0.25, -0.2) is 9.59 Å². The predicted molar refractivity (Wildman–Crippen MR) is 167 cm³/mol. The van der Waals surface area contributed by atoms with E-state index in [0.29, 0.717) is 6.54 Å². The van der Waals surface area contributed by atoms with Gasteiger partial charge in [0.05, 0.1) is 35.2 Å². The molecule has 0 radical (unpaired) electrons. The Morgan fingerprint density at radius 1 is 1.07 bits per heavy atom. The van der Waals surface area contributed by atoms with Crippen LogP contribution in [0.1, 0.15) is 64.1 Å². The van der Waals surface area contributed by atoms with Crippen LogP contribution in [0.5, 0.6) is 0 Å². The Bertz CT molecular complexity index is 1520. The van der Waals surface area contributed by atoms with E-state index >= 15 is 0 Å². The van der Waals surface area contributed by atoms with Crippen molar-refractivity contribution in [2.45, 2.75) is 71.4 Å². The van der Waals surface area contributed by atoms with Crippen LogP contribution in [-0.2, 0) is 9.47 Å². The summed E-state index contributed by atoms with van der Waals surface area (Å²) in [5, 5.41) is 10.8. The quantitative estimate of drug-likeness (QED) is 0.274. The van der Waals surface area contributed by atoms with Crippen molar-refractivity contribution in [3.63, 3.8) is 0 Å². The van der Waals surface area contributed by atoms with Crippen molar-refractivity contribution in [3.05, 3.63) is 48.0 Å². The number of ether oxygens (including phenoxy) is 2. The average molecular weight is 649 g/mol. The highest BCUT2D eigenvalue weighted by Gasteiger charge is 2.45. The van der Waals surface area contributed by atoms with E-state index in [1.54, 1.807) is 53.7 Å². The molecule has 0 saturated carbocycles. The zero-order chi connectivity index (χ0) is 34.0. The lowest BCUT2D eigenvalue weighted by molar-refractivity contribution is -0.177. The topological polar surface area (TPSA) is 147 Å². The summed E-state index contributed by atoms with van der Waals surface area (Å²) in [5.41, 5.74) is -0.341. The molecule has 2 aliphatic rings. The fraction of sp³-hybridized carbons (Fsp3) is 0.484. The van der Waals surface area contributed by atoms with Gasteiger partial charge in [-0.1, -0.05) is 12.7 Å². The maximum atomic E-state index is 14.0. The Balaban J connectivity index is 1.65. The number of nitrogens with one attached hydrogen (secondary N) is 4. The SMILES string of the molecule is C=CC1=Cc2oc(NC(=O)OC(C)(C)C)c(C(=O)Nc3cnccc3N3C[C@@H](NC(=O)OC(C)(C)C)C[C@@H](C(F)(F)F)C3)c2NC1. The van der Waals surface area contributed by atoms with Gasteiger partial charge in [0.2, 0.25) is 5.88 Å². The number of furan rings is 1. The predicted octanol–water partition coefficient (Wildman–Crippen LogP) is 6.55. The van der Waals surface area contributed by atoms with Crippen molar-refractivity contribution in [1.82, 2.24) is 10.3 Å². The average Bonchev–Trinajstić information content (AvgIpc) is 3.27. The summed E-state index contributed by atoms with van der Waals surface area (Å²) in [6.07, 6.45) is -0.637. The second-order valence-corrected chi connectivity index (χ2v) is 13.0. The molecule has 3 amide bonds. The first-order valence-electron chi connectivity index (χ1n) is 14.6. The van der Waals surface area contributed by atoms with Crippen LogP contribution in [0.25, 0.3) is 6.08 Å². The van der Waals surface area contributed by atoms with E-state index < -0.39 is 54.0 Å². The molecule has 2 atom stereocenters. The van der Waals surface area contributed by atoms with Gasteiger partial charge in [-0.2, -0.15) is 13.2 Å². The molecular weight excluding hydrogens is 609 g/mol. The molecular formula is C31H39F3N6O6. The third-order valence-electron chi connectivity index (χ3n) is 6.85. The Kier molecular flexibility index (Phi) is 9.64. The summed E-state index contributed by atoms with van der Waals surface area (Å²) in [5.74, 6) is -2.46. The maximum absolute atomic E-state index is 14.0. The molecule has 0 bridgehead atoms. The fourth-order valence-electron chi connectivity index (χ4n) is 5.02. The lowest BCUT2D eigenvalue weighted by Crippen LogP contribution is -2.54. The van der Waals surface area contributed by atoms with Crippen LogP contribution in [0.2, 0.25) is 0 Å². The van der Waals surface area contributed by atoms with Crippen LogP contribution in [-0.4, -0.2) is 66.1 Å². The van der Waals surface area contributed by atoms with Crippen LogP contribution in [0.4, 0.5) is 45.7 Å². The number of aromatic nitrogens is 1. The molecule has 250 valence electrons. The number of hydrogen-bond donors (Lipinski definition) is 4. The molecule has 2 aliphatic heterocycles. The molecule has 4 rings (SSSR count). The number of halogens is 3. The monoisotopic (exact) mass is 648 g/mol. The Hall–Kier alpha value is -4.69. The summed E-state index contributed by atoms with van der Waals surface area (Å²) in [6.45, 7) is 13.6. The van der Waals surface area contributed by atoms with Crippen molar-refractivity contribution >= 4 is 47.1 Å². The van der Waals surface area contributed by atoms with E-state index in [-0.39, 0.29) is 47.2 Å². The zero-order valence-corrected chi connectivity index (χ0v) is 26.6. The number of nitrogens with zero attached hydrogens (tertiary/aromatic N) is 2. The van der Waals surface area contributed by atoms with Crippen molar-refractivity contribution in [2.24, 2.45) is 5.92 Å². The van der Waals surface area contributed by atoms with Crippen LogP contribution in [0, 0.1) is 5.92 Å². The van der Waals surface area contributed by atoms with E-state index in [2.05, 4.69) is 32.8 Å². The zero-order valence-electron chi connectivity index (χ0n) is 26.6. The lowest BCUT2D eigenvalue weighted by Gasteiger charge is -2.40. The molecule has 0 aliphatic carbocycles. The largest absolute Gasteiger partial charge is 0.444 e. The molecule has 1 fully saturated rings. The number of alkyl carbamates (subject to hydrolysis) is 1. The van der Waals surface area contributed by atoms with Gasteiger partial charge < -0.3 is 34.7 Å². The lowest BCUT2D eigenvalue weighted by atomic mass is 9.93. The van der Waals surface area contributed by atoms with Crippen molar-refractivity contribution in [2.75, 3.05) is 40.5 Å². The number of rotatable bonds is 6. The Morgan fingerprint density at radius 3 is 2.37 bits per heavy atom. The van der Waals surface area contributed by atoms with Gasteiger partial charge in [0.1, 0.15) is 16.8 Å². The van der Waals surface area contributed by atoms with Gasteiger partial charge in [-0.05, 0) is 65.7 Å². The summed E-state index contributed by atoms with van der Waals surface area (Å²) >= 11 is 0. The number of alkyl halides is 3. The molecule has 0 unspecified atom stereocenters. The van der Waals surface area contributed by atoms with Gasteiger partial charge >= 0.3 is 18.4 Å². The van der Waals surface area contributed by atoms with Gasteiger partial charge in [0.25, 0.3) is 5.91 Å². The van der Waals surface area contributed by atoms with Crippen molar-refractivity contribution < 1.29 is 41.4 Å². The van der Waals surface area contributed by atoms with E-state index in [1.165, 1.54) is 23.4 Å². The Morgan fingerprint density at radius 2 is 1.74 bits per heavy atom. The van der Waals surface area contributed by atoms with Crippen LogP contribution in [0.3, 0.4) is 0 Å². The van der Waals surface area contributed by atoms with Gasteiger partial charge in [0, 0.05) is 25.8 Å². The molecule has 4 heterocycles. The fourth-order valence-corrected chi connectivity index (χ4v) is 5.02. The third kappa shape index (κ3) is 8.73. The molecule has 2 aromatic heterocycles. The summed E-state index contributed by atoms with van der Waals surface area (Å²) < 4.78 is 58.6. The minimum Gasteiger partial charge on any atom is -0.444 e. The van der Waals surface area contributed by atoms with Crippen LogP contribution < -0.4 is 26.2 Å². The number of pyridine rings is 1. The number of piperidine rings is 1. The summed E-state index contributed by atoms with van der Waals surface area (Å²) in [6, 6.07) is 0.563. The van der Waals surface area contributed by atoms with Gasteiger partial charge in [-0.3, -0.25) is 15.1 Å². The first kappa shape index (κ1) is 34.2. The highest BCUT2D eigenvalue weighted by atomic mass is 19.4. The second kappa shape index (κ2) is 13.0. The normalized spacial score (nSPS) is 18.4. The van der Waals surface area contributed by atoms with Gasteiger partial charge in [0.15, 0.2) is 5.76 Å². The standard InChI is InChI=1S/C31H39F3N6O6/c1-8-17-11-22-24(36-13-17)23(26(44-22)39-28(43)46-30(5,6)7)25(41)38-20-14-35-10-9-21(20)40-15-18(31(32,33)34)12-19(16-40)37-27(42)45-29(2,3)4/h8-11,14,18-19,36H,1,12-13,15-16H2,2-7H3,(H,37,42)(H,38,41)(H,39,43)/t18-,19+/m1/s1. The van der Waals surface area contributed by atoms with E-state index in [1.807, 2.05) is 0 Å². The van der Waals surface area contributed by atoms with E-state index in [0.717, 1.165) is 5.57 Å². The first-order chi connectivity index (χ1) is 21.3. The second-order valence-electron chi connectivity index (χ2n) is 13.0. The summed E-state index contributed by atoms with van der Waals surface area (Å²) in [7, 11) is 0. The molecule has 1 saturated heterocycles. The molecule has 0 spiro atoms. The minimum atomic E-state index is -4.55. The van der Waals surface area contributed by atoms with Gasteiger partial charge in [-0.15, -0.1) is 0 Å². The smallest absolute Gasteiger partial charge is 0.414 e. The number of fused-ring (bicyclic) bond motifs is 1. The third-order valence-corrected chi connectivity index (χ3v) is 6.85. The van der Waals surface area contributed by atoms with E-state index in [4.69, 9.17) is 13.9 Å². The molecule has 2 aromatic rings. The van der Waals surface area contributed by atoms with Crippen LogP contribution in [0.15, 0.2) is 41.1 Å². The molecule has 12 nitrogen and oxygen atoms in total. The van der Waals surface area contributed by atoms with Crippen LogP contribution >= 0.6 is 0 Å². The molecule has 4 N–H and O–H groups in total. The molecule has 46 heavy (non-hydrogen) atoms. The number of amides is 3. The first-order valence-corrected chi connectivity index (χ1v) is 14.6. The maximum Gasteiger partial charge on any atom is 0.414 e. The summed E-state index contributed by atoms with van der Waals surface area (Å²) in [4.78, 5) is 44.4. The number of anilines is 4. The van der Waals surface area contributed by atoms with Crippen molar-refractivity contribution in [1.29, 1.82) is 0 Å². The highest BCUT2D eigenvalue weighted by molar-refractivity contribution is 6.14. The molecule has 15 heteroatoms. The Labute approximate surface area is 264 Å². The van der Waals surface area contributed by atoms with Crippen molar-refractivity contribution in [3.8, 4) is 0 Å². The highest BCUT2D eigenvalue weighted by Crippen LogP contribution is 2.40. The molecule has 0 aromatic carbocycles. The van der Waals surface area contributed by atoms with E-state index in [9.17, 15) is 27.6 Å². The minimum absolute atomic E-state index is 0.00193. The number of carbonyl (C=O) groups is 3. The number of hydrogen-bond acceptors (Lipinski definition) is 9. The number of carbonyl (C=O) groups excluding carboxylic acids is 3.